The Morgan fingerprint density at radius 1 is 1.33 bits per heavy atom. The first-order chi connectivity index (χ1) is 8.25. The van der Waals surface area contributed by atoms with Crippen LogP contribution in [-0.2, 0) is 0 Å². The van der Waals surface area contributed by atoms with E-state index in [0.29, 0.717) is 0 Å². The molecular formula is C13H26IN3S. The molecule has 2 N–H and O–H groups in total. The second-order valence-electron chi connectivity index (χ2n) is 5.45. The first kappa shape index (κ1) is 16.4. The molecule has 2 aliphatic rings. The van der Waals surface area contributed by atoms with Crippen molar-refractivity contribution in [1.29, 1.82) is 0 Å². The molecule has 0 amide bonds. The molecule has 2 saturated heterocycles. The highest BCUT2D eigenvalue weighted by Crippen LogP contribution is 2.23. The lowest BCUT2D eigenvalue weighted by Crippen LogP contribution is -2.43. The fourth-order valence-corrected chi connectivity index (χ4v) is 3.85. The number of nitrogens with zero attached hydrogens (tertiary/aromatic N) is 2. The highest BCUT2D eigenvalue weighted by atomic mass is 127. The lowest BCUT2D eigenvalue weighted by molar-refractivity contribution is 0.270. The third-order valence-corrected chi connectivity index (χ3v) is 4.88. The predicted octanol–water partition coefficient (Wildman–Crippen LogP) is 2.79. The Morgan fingerprint density at radius 3 is 2.72 bits per heavy atom. The summed E-state index contributed by atoms with van der Waals surface area (Å²) in [5.74, 6) is 4.94. The van der Waals surface area contributed by atoms with Crippen LogP contribution in [0.3, 0.4) is 0 Å². The molecule has 18 heavy (non-hydrogen) atoms. The van der Waals surface area contributed by atoms with Gasteiger partial charge in [-0.1, -0.05) is 6.92 Å². The molecule has 3 nitrogen and oxygen atoms in total. The van der Waals surface area contributed by atoms with E-state index < -0.39 is 0 Å². The maximum Gasteiger partial charge on any atom is 0.191 e. The number of halogens is 1. The molecule has 0 radical (unpaired) electrons. The number of nitrogens with two attached hydrogens (primary N) is 1. The molecule has 0 bridgehead atoms. The summed E-state index contributed by atoms with van der Waals surface area (Å²) in [6.45, 7) is 5.44. The molecule has 2 heterocycles. The van der Waals surface area contributed by atoms with Gasteiger partial charge in [0.15, 0.2) is 5.96 Å². The minimum absolute atomic E-state index is 0. The van der Waals surface area contributed by atoms with Crippen molar-refractivity contribution < 1.29 is 0 Å². The highest BCUT2D eigenvalue weighted by Gasteiger charge is 2.18. The van der Waals surface area contributed by atoms with Crippen LogP contribution < -0.4 is 5.73 Å². The van der Waals surface area contributed by atoms with Gasteiger partial charge in [-0.25, -0.2) is 0 Å². The summed E-state index contributed by atoms with van der Waals surface area (Å²) >= 11 is 2.07. The van der Waals surface area contributed by atoms with E-state index >= 15 is 0 Å². The number of piperidine rings is 1. The Hall–Kier alpha value is 0.350. The second-order valence-corrected chi connectivity index (χ2v) is 6.67. The van der Waals surface area contributed by atoms with Crippen LogP contribution in [0.25, 0.3) is 0 Å². The number of rotatable bonds is 2. The zero-order valence-corrected chi connectivity index (χ0v) is 14.5. The van der Waals surface area contributed by atoms with E-state index in [1.54, 1.807) is 0 Å². The lowest BCUT2D eigenvalue weighted by Gasteiger charge is -2.32. The van der Waals surface area contributed by atoms with Crippen LogP contribution >= 0.6 is 35.7 Å². The molecule has 2 rings (SSSR count). The monoisotopic (exact) mass is 383 g/mol. The predicted molar refractivity (Wildman–Crippen MR) is 91.9 cm³/mol. The molecule has 0 saturated carbocycles. The number of guanidine groups is 1. The summed E-state index contributed by atoms with van der Waals surface area (Å²) in [7, 11) is 0. The van der Waals surface area contributed by atoms with Gasteiger partial charge in [-0.3, -0.25) is 4.99 Å². The van der Waals surface area contributed by atoms with Crippen LogP contribution in [0.1, 0.15) is 32.6 Å². The van der Waals surface area contributed by atoms with Crippen molar-refractivity contribution >= 4 is 41.7 Å². The molecule has 0 aromatic heterocycles. The second kappa shape index (κ2) is 8.51. The Morgan fingerprint density at radius 2 is 2.06 bits per heavy atom. The molecule has 106 valence electrons. The number of hydrogen-bond donors (Lipinski definition) is 1. The normalized spacial score (nSPS) is 26.8. The van der Waals surface area contributed by atoms with Gasteiger partial charge in [0.05, 0.1) is 0 Å². The maximum atomic E-state index is 6.10. The van der Waals surface area contributed by atoms with Crippen molar-refractivity contribution in [3.63, 3.8) is 0 Å². The molecule has 2 aliphatic heterocycles. The van der Waals surface area contributed by atoms with Gasteiger partial charge in [-0.05, 0) is 49.0 Å². The molecule has 0 aromatic rings. The molecule has 2 fully saturated rings. The van der Waals surface area contributed by atoms with E-state index in [0.717, 1.165) is 37.4 Å². The van der Waals surface area contributed by atoms with Crippen LogP contribution in [-0.4, -0.2) is 42.0 Å². The third-order valence-electron chi connectivity index (χ3n) is 3.83. The van der Waals surface area contributed by atoms with Crippen LogP contribution in [0.15, 0.2) is 4.99 Å². The minimum atomic E-state index is 0. The van der Waals surface area contributed by atoms with Gasteiger partial charge in [-0.2, -0.15) is 11.8 Å². The van der Waals surface area contributed by atoms with Gasteiger partial charge in [0.25, 0.3) is 0 Å². The van der Waals surface area contributed by atoms with E-state index in [4.69, 9.17) is 5.73 Å². The van der Waals surface area contributed by atoms with Gasteiger partial charge >= 0.3 is 0 Å². The van der Waals surface area contributed by atoms with E-state index in [9.17, 15) is 0 Å². The number of aliphatic imine (C=N–C) groups is 1. The number of thioether (sulfide) groups is 1. The first-order valence-corrected chi connectivity index (χ1v) is 8.04. The Bertz CT molecular complexity index is 267. The largest absolute Gasteiger partial charge is 0.370 e. The summed E-state index contributed by atoms with van der Waals surface area (Å²) < 4.78 is 0. The molecule has 1 unspecified atom stereocenters. The summed E-state index contributed by atoms with van der Waals surface area (Å²) in [6, 6.07) is 0. The van der Waals surface area contributed by atoms with Crippen LogP contribution in [0.4, 0.5) is 0 Å². The van der Waals surface area contributed by atoms with Crippen molar-refractivity contribution in [2.75, 3.05) is 31.1 Å². The first-order valence-electron chi connectivity index (χ1n) is 6.88. The summed E-state index contributed by atoms with van der Waals surface area (Å²) in [4.78, 5) is 6.89. The quantitative estimate of drug-likeness (QED) is 0.453. The third kappa shape index (κ3) is 5.15. The highest BCUT2D eigenvalue weighted by molar-refractivity contribution is 14.0. The van der Waals surface area contributed by atoms with E-state index in [-0.39, 0.29) is 24.0 Å². The van der Waals surface area contributed by atoms with Crippen LogP contribution in [0, 0.1) is 11.8 Å². The fraction of sp³-hybridized carbons (Fsp3) is 0.923. The number of likely N-dealkylation sites (tertiary alicyclic amines) is 1. The molecule has 0 aliphatic carbocycles. The molecular weight excluding hydrogens is 357 g/mol. The van der Waals surface area contributed by atoms with Crippen molar-refractivity contribution in [1.82, 2.24) is 4.90 Å². The molecule has 0 spiro atoms. The van der Waals surface area contributed by atoms with Crippen molar-refractivity contribution in [2.45, 2.75) is 32.6 Å². The topological polar surface area (TPSA) is 41.6 Å². The fourth-order valence-electron chi connectivity index (χ4n) is 2.65. The average Bonchev–Trinajstić information content (AvgIpc) is 2.37. The summed E-state index contributed by atoms with van der Waals surface area (Å²) in [5.41, 5.74) is 6.10. The van der Waals surface area contributed by atoms with Crippen LogP contribution in [0.2, 0.25) is 0 Å². The number of hydrogen-bond acceptors (Lipinski definition) is 2. The Balaban J connectivity index is 0.00000162. The Kier molecular flexibility index (Phi) is 7.75. The van der Waals surface area contributed by atoms with Gasteiger partial charge < -0.3 is 10.6 Å². The molecule has 1 atom stereocenters. The zero-order chi connectivity index (χ0) is 12.1. The van der Waals surface area contributed by atoms with Crippen molar-refractivity contribution in [2.24, 2.45) is 22.6 Å². The molecule has 0 aromatic carbocycles. The minimum Gasteiger partial charge on any atom is -0.370 e. The van der Waals surface area contributed by atoms with E-state index in [1.807, 2.05) is 0 Å². The zero-order valence-electron chi connectivity index (χ0n) is 11.3. The summed E-state index contributed by atoms with van der Waals surface area (Å²) in [6.07, 6.45) is 5.23. The van der Waals surface area contributed by atoms with Crippen molar-refractivity contribution in [3.05, 3.63) is 0 Å². The van der Waals surface area contributed by atoms with Gasteiger partial charge in [0.1, 0.15) is 0 Å². The maximum absolute atomic E-state index is 6.10. The standard InChI is InChI=1S/C13H25N3S.HI/c1-11-3-2-6-16(10-11)13(14)15-9-12-4-7-17-8-5-12;/h11-12H,2-10H2,1H3,(H2,14,15);1H. The average molecular weight is 383 g/mol. The van der Waals surface area contributed by atoms with Gasteiger partial charge in [-0.15, -0.1) is 24.0 Å². The lowest BCUT2D eigenvalue weighted by atomic mass is 10.0. The van der Waals surface area contributed by atoms with Gasteiger partial charge in [0, 0.05) is 19.6 Å². The van der Waals surface area contributed by atoms with Gasteiger partial charge in [0.2, 0.25) is 0 Å². The smallest absolute Gasteiger partial charge is 0.191 e. The summed E-state index contributed by atoms with van der Waals surface area (Å²) in [5, 5.41) is 0. The van der Waals surface area contributed by atoms with E-state index in [2.05, 4.69) is 28.6 Å². The van der Waals surface area contributed by atoms with Crippen LogP contribution in [0.5, 0.6) is 0 Å². The van der Waals surface area contributed by atoms with Crippen molar-refractivity contribution in [3.8, 4) is 0 Å². The Labute approximate surface area is 132 Å². The SMILES string of the molecule is CC1CCCN(C(N)=NCC2CCSCC2)C1.I. The molecule has 5 heteroatoms. The van der Waals surface area contributed by atoms with E-state index in [1.165, 1.54) is 37.2 Å².